The molecule has 0 saturated carbocycles. The second-order valence-electron chi connectivity index (χ2n) is 4.16. The third-order valence-corrected chi connectivity index (χ3v) is 2.82. The van der Waals surface area contributed by atoms with Gasteiger partial charge in [-0.25, -0.2) is 4.98 Å². The van der Waals surface area contributed by atoms with Crippen LogP contribution in [0.4, 0.5) is 0 Å². The number of nitrogens with one attached hydrogen (secondary N) is 2. The molecule has 2 heterocycles. The summed E-state index contributed by atoms with van der Waals surface area (Å²) < 4.78 is 1.92. The van der Waals surface area contributed by atoms with E-state index in [0.29, 0.717) is 19.0 Å². The van der Waals surface area contributed by atoms with Gasteiger partial charge in [0.05, 0.1) is 6.33 Å². The molecular weight excluding hydrogens is 204 g/mol. The standard InChI is InChI=1S/C11H18N4O/c16-11(3-6-15-7-5-13-9-15)14-10-2-1-4-12-8-10/h5,7,9-10,12H,1-4,6,8H2,(H,14,16)/t10-/m1/s1. The molecule has 88 valence electrons. The van der Waals surface area contributed by atoms with Crippen LogP contribution in [0.1, 0.15) is 19.3 Å². The van der Waals surface area contributed by atoms with Gasteiger partial charge in [0.1, 0.15) is 0 Å². The first-order valence-electron chi connectivity index (χ1n) is 5.80. The molecule has 2 rings (SSSR count). The van der Waals surface area contributed by atoms with Crippen LogP contribution < -0.4 is 10.6 Å². The number of piperidine rings is 1. The van der Waals surface area contributed by atoms with Crippen molar-refractivity contribution in [3.63, 3.8) is 0 Å². The van der Waals surface area contributed by atoms with Gasteiger partial charge < -0.3 is 15.2 Å². The first kappa shape index (κ1) is 11.1. The predicted octanol–water partition coefficient (Wildman–Crippen LogP) is 0.141. The number of nitrogens with zero attached hydrogens (tertiary/aromatic N) is 2. The zero-order chi connectivity index (χ0) is 11.2. The van der Waals surface area contributed by atoms with Crippen LogP contribution in [0.3, 0.4) is 0 Å². The van der Waals surface area contributed by atoms with Gasteiger partial charge in [0.25, 0.3) is 0 Å². The van der Waals surface area contributed by atoms with Crippen LogP contribution in [0.2, 0.25) is 0 Å². The largest absolute Gasteiger partial charge is 0.352 e. The SMILES string of the molecule is O=C(CCn1ccnc1)N[C@@H]1CCCNC1. The molecule has 2 N–H and O–H groups in total. The monoisotopic (exact) mass is 222 g/mol. The molecule has 0 aliphatic carbocycles. The van der Waals surface area contributed by atoms with Crippen LogP contribution in [0.5, 0.6) is 0 Å². The van der Waals surface area contributed by atoms with Crippen molar-refractivity contribution in [1.29, 1.82) is 0 Å². The Bertz CT molecular complexity index is 317. The van der Waals surface area contributed by atoms with Crippen LogP contribution in [-0.4, -0.2) is 34.6 Å². The second kappa shape index (κ2) is 5.65. The van der Waals surface area contributed by atoms with E-state index in [-0.39, 0.29) is 5.91 Å². The van der Waals surface area contributed by atoms with E-state index in [1.54, 1.807) is 12.5 Å². The van der Waals surface area contributed by atoms with Gasteiger partial charge in [-0.15, -0.1) is 0 Å². The molecular formula is C11H18N4O. The third kappa shape index (κ3) is 3.34. The lowest BCUT2D eigenvalue weighted by atomic mass is 10.1. The molecule has 1 aromatic rings. The highest BCUT2D eigenvalue weighted by atomic mass is 16.1. The van der Waals surface area contributed by atoms with Crippen molar-refractivity contribution in [1.82, 2.24) is 20.2 Å². The molecule has 0 unspecified atom stereocenters. The average Bonchev–Trinajstić information content (AvgIpc) is 2.81. The molecule has 1 aliphatic rings. The van der Waals surface area contributed by atoms with E-state index in [1.165, 1.54) is 0 Å². The lowest BCUT2D eigenvalue weighted by molar-refractivity contribution is -0.122. The van der Waals surface area contributed by atoms with E-state index >= 15 is 0 Å². The Morgan fingerprint density at radius 3 is 3.25 bits per heavy atom. The molecule has 0 aromatic carbocycles. The fraction of sp³-hybridized carbons (Fsp3) is 0.636. The molecule has 0 bridgehead atoms. The molecule has 5 nitrogen and oxygen atoms in total. The summed E-state index contributed by atoms with van der Waals surface area (Å²) in [5.41, 5.74) is 0. The van der Waals surface area contributed by atoms with Gasteiger partial charge in [-0.3, -0.25) is 4.79 Å². The first-order chi connectivity index (χ1) is 7.84. The van der Waals surface area contributed by atoms with E-state index < -0.39 is 0 Å². The highest BCUT2D eigenvalue weighted by Gasteiger charge is 2.14. The third-order valence-electron chi connectivity index (χ3n) is 2.82. The summed E-state index contributed by atoms with van der Waals surface area (Å²) in [6.07, 6.45) is 8.08. The fourth-order valence-electron chi connectivity index (χ4n) is 1.92. The van der Waals surface area contributed by atoms with E-state index in [4.69, 9.17) is 0 Å². The number of carbonyl (C=O) groups excluding carboxylic acids is 1. The zero-order valence-electron chi connectivity index (χ0n) is 9.35. The summed E-state index contributed by atoms with van der Waals surface area (Å²) >= 11 is 0. The van der Waals surface area contributed by atoms with Crippen LogP contribution in [0.15, 0.2) is 18.7 Å². The van der Waals surface area contributed by atoms with Crippen molar-refractivity contribution < 1.29 is 4.79 Å². The number of rotatable bonds is 4. The summed E-state index contributed by atoms with van der Waals surface area (Å²) in [7, 11) is 0. The lowest BCUT2D eigenvalue weighted by Gasteiger charge is -2.23. The van der Waals surface area contributed by atoms with Crippen molar-refractivity contribution in [2.24, 2.45) is 0 Å². The normalized spacial score (nSPS) is 20.6. The van der Waals surface area contributed by atoms with Gasteiger partial charge in [0, 0.05) is 37.9 Å². The summed E-state index contributed by atoms with van der Waals surface area (Å²) in [6.45, 7) is 2.67. The zero-order valence-corrected chi connectivity index (χ0v) is 9.35. The summed E-state index contributed by atoms with van der Waals surface area (Å²) in [6, 6.07) is 0.309. The topological polar surface area (TPSA) is 59.0 Å². The highest BCUT2D eigenvalue weighted by Crippen LogP contribution is 2.01. The molecule has 16 heavy (non-hydrogen) atoms. The average molecular weight is 222 g/mol. The number of hydrogen-bond donors (Lipinski definition) is 2. The minimum Gasteiger partial charge on any atom is -0.352 e. The highest BCUT2D eigenvalue weighted by molar-refractivity contribution is 5.76. The number of aryl methyl sites for hydroxylation is 1. The molecule has 1 amide bonds. The minimum atomic E-state index is 0.127. The smallest absolute Gasteiger partial charge is 0.222 e. The molecule has 1 aliphatic heterocycles. The van der Waals surface area contributed by atoms with Crippen LogP contribution >= 0.6 is 0 Å². The maximum atomic E-state index is 11.6. The molecule has 1 fully saturated rings. The minimum absolute atomic E-state index is 0.127. The first-order valence-corrected chi connectivity index (χ1v) is 5.80. The van der Waals surface area contributed by atoms with Crippen molar-refractivity contribution in [3.8, 4) is 0 Å². The Kier molecular flexibility index (Phi) is 3.93. The molecule has 0 radical (unpaired) electrons. The molecule has 1 saturated heterocycles. The van der Waals surface area contributed by atoms with Crippen molar-refractivity contribution in [2.75, 3.05) is 13.1 Å². The second-order valence-corrected chi connectivity index (χ2v) is 4.16. The summed E-state index contributed by atoms with van der Waals surface area (Å²) in [5.74, 6) is 0.127. The Hall–Kier alpha value is -1.36. The molecule has 5 heteroatoms. The lowest BCUT2D eigenvalue weighted by Crippen LogP contribution is -2.45. The Balaban J connectivity index is 1.67. The Morgan fingerprint density at radius 1 is 1.62 bits per heavy atom. The number of aromatic nitrogens is 2. The fourth-order valence-corrected chi connectivity index (χ4v) is 1.92. The summed E-state index contributed by atoms with van der Waals surface area (Å²) in [5, 5.41) is 6.33. The molecule has 1 aromatic heterocycles. The quantitative estimate of drug-likeness (QED) is 0.762. The van der Waals surface area contributed by atoms with Gasteiger partial charge in [0.15, 0.2) is 0 Å². The van der Waals surface area contributed by atoms with Crippen LogP contribution in [0, 0.1) is 0 Å². The van der Waals surface area contributed by atoms with E-state index in [1.807, 2.05) is 10.8 Å². The maximum Gasteiger partial charge on any atom is 0.222 e. The molecule has 1 atom stereocenters. The van der Waals surface area contributed by atoms with Crippen molar-refractivity contribution >= 4 is 5.91 Å². The maximum absolute atomic E-state index is 11.6. The van der Waals surface area contributed by atoms with Crippen molar-refractivity contribution in [3.05, 3.63) is 18.7 Å². The number of hydrogen-bond acceptors (Lipinski definition) is 3. The van der Waals surface area contributed by atoms with Gasteiger partial charge >= 0.3 is 0 Å². The van der Waals surface area contributed by atoms with E-state index in [0.717, 1.165) is 25.9 Å². The van der Waals surface area contributed by atoms with E-state index in [9.17, 15) is 4.79 Å². The Morgan fingerprint density at radius 2 is 2.56 bits per heavy atom. The van der Waals surface area contributed by atoms with Gasteiger partial charge in [-0.05, 0) is 19.4 Å². The Labute approximate surface area is 95.2 Å². The predicted molar refractivity (Wildman–Crippen MR) is 60.9 cm³/mol. The number of imidazole rings is 1. The molecule has 0 spiro atoms. The number of amides is 1. The summed E-state index contributed by atoms with van der Waals surface area (Å²) in [4.78, 5) is 15.6. The van der Waals surface area contributed by atoms with Crippen LogP contribution in [-0.2, 0) is 11.3 Å². The number of carbonyl (C=O) groups is 1. The van der Waals surface area contributed by atoms with E-state index in [2.05, 4.69) is 15.6 Å². The van der Waals surface area contributed by atoms with Crippen molar-refractivity contribution in [2.45, 2.75) is 31.8 Å². The van der Waals surface area contributed by atoms with Gasteiger partial charge in [-0.1, -0.05) is 0 Å². The van der Waals surface area contributed by atoms with Crippen LogP contribution in [0.25, 0.3) is 0 Å². The van der Waals surface area contributed by atoms with Gasteiger partial charge in [0.2, 0.25) is 5.91 Å². The van der Waals surface area contributed by atoms with Gasteiger partial charge in [-0.2, -0.15) is 0 Å².